The Balaban J connectivity index is 3.45. The molecule has 0 heterocycles. The van der Waals surface area contributed by atoms with Gasteiger partial charge in [-0.3, -0.25) is 0 Å². The maximum absolute atomic E-state index is 7.82. The van der Waals surface area contributed by atoms with Crippen LogP contribution in [0.15, 0.2) is 0 Å². The van der Waals surface area contributed by atoms with Gasteiger partial charge in [0.2, 0.25) is 0 Å². The summed E-state index contributed by atoms with van der Waals surface area (Å²) in [6.07, 6.45) is 0. The Morgan fingerprint density at radius 2 is 1.50 bits per heavy atom. The van der Waals surface area contributed by atoms with Crippen LogP contribution in [0.2, 0.25) is 0 Å². The van der Waals surface area contributed by atoms with Crippen LogP contribution in [0.4, 0.5) is 0 Å². The Morgan fingerprint density at radius 3 is 1.50 bits per heavy atom. The van der Waals surface area contributed by atoms with Gasteiger partial charge in [0.1, 0.15) is 0 Å². The molecule has 3 nitrogen and oxygen atoms in total. The van der Waals surface area contributed by atoms with Crippen LogP contribution in [-0.2, 0) is 11.8 Å². The summed E-state index contributed by atoms with van der Waals surface area (Å²) >= 11 is 4.01. The van der Waals surface area contributed by atoms with Gasteiger partial charge in [0.25, 0.3) is 0 Å². The van der Waals surface area contributed by atoms with Gasteiger partial charge in [-0.2, -0.15) is 0 Å². The first-order chi connectivity index (χ1) is 2.56. The second-order valence-corrected chi connectivity index (χ2v) is 2.02. The molecule has 0 spiro atoms. The predicted molar refractivity (Wildman–Crippen MR) is 23.7 cm³/mol. The van der Waals surface area contributed by atoms with Crippen LogP contribution in [0.1, 0.15) is 0 Å². The predicted octanol–water partition coefficient (Wildman–Crippen LogP) is -1.02. The van der Waals surface area contributed by atoms with Gasteiger partial charge in [-0.25, -0.2) is 0 Å². The number of aliphatic hydroxyl groups is 3. The van der Waals surface area contributed by atoms with E-state index < -0.39 is 5.71 Å². The van der Waals surface area contributed by atoms with Crippen molar-refractivity contribution in [1.29, 1.82) is 0 Å². The minimum Gasteiger partial charge on any atom is -0.336 e. The van der Waals surface area contributed by atoms with Gasteiger partial charge in [0, 0.05) is 0 Å². The topological polar surface area (TPSA) is 60.7 Å². The summed E-state index contributed by atoms with van der Waals surface area (Å²) in [5.74, 6) is 0. The Labute approximate surface area is 41.1 Å². The van der Waals surface area contributed by atoms with E-state index in [1.807, 2.05) is 0 Å². The molecule has 36 valence electrons. The van der Waals surface area contributed by atoms with E-state index >= 15 is 0 Å². The molecule has 0 rings (SSSR count). The Morgan fingerprint density at radius 1 is 1.33 bits per heavy atom. The third-order valence-electron chi connectivity index (χ3n) is 0.122. The second-order valence-electron chi connectivity index (χ2n) is 0.691. The Hall–Kier alpha value is 0.400. The highest BCUT2D eigenvalue weighted by Crippen LogP contribution is 2.08. The molecule has 0 fully saturated rings. The zero-order valence-corrected chi connectivity index (χ0v) is 4.41. The van der Waals surface area contributed by atoms with Crippen molar-refractivity contribution >= 4 is 19.2 Å². The molecule has 0 bridgehead atoms. The standard InChI is InChI=1S/CH3O3PS/c2-1(3,4)5-6/h2-4H. The van der Waals surface area contributed by atoms with Gasteiger partial charge in [-0.15, -0.1) is 0 Å². The van der Waals surface area contributed by atoms with Crippen LogP contribution < -0.4 is 0 Å². The van der Waals surface area contributed by atoms with E-state index in [1.54, 1.807) is 0 Å². The molecule has 0 aromatic rings. The van der Waals surface area contributed by atoms with E-state index in [0.717, 1.165) is 0 Å². The first-order valence-electron chi connectivity index (χ1n) is 1.08. The van der Waals surface area contributed by atoms with Crippen molar-refractivity contribution in [3.8, 4) is 0 Å². The highest BCUT2D eigenvalue weighted by molar-refractivity contribution is 7.96. The van der Waals surface area contributed by atoms with Crippen molar-refractivity contribution in [2.75, 3.05) is 0 Å². The van der Waals surface area contributed by atoms with E-state index in [2.05, 4.69) is 11.8 Å². The smallest absolute Gasteiger partial charge is 0.331 e. The SMILES string of the molecule is OC(O)(O)P=S. The number of rotatable bonds is 1. The van der Waals surface area contributed by atoms with Crippen LogP contribution in [0, 0.1) is 0 Å². The largest absolute Gasteiger partial charge is 0.336 e. The molecule has 0 aromatic carbocycles. The highest BCUT2D eigenvalue weighted by Gasteiger charge is 2.11. The molecule has 6 heavy (non-hydrogen) atoms. The summed E-state index contributed by atoms with van der Waals surface area (Å²) in [6.45, 7) is 0. The fourth-order valence-corrected chi connectivity index (χ4v) is 0. The molecule has 0 saturated heterocycles. The van der Waals surface area contributed by atoms with Crippen molar-refractivity contribution in [1.82, 2.24) is 0 Å². The van der Waals surface area contributed by atoms with E-state index in [0.29, 0.717) is 0 Å². The van der Waals surface area contributed by atoms with E-state index in [1.165, 1.54) is 0 Å². The third kappa shape index (κ3) is 4.40. The van der Waals surface area contributed by atoms with Gasteiger partial charge < -0.3 is 15.3 Å². The van der Waals surface area contributed by atoms with Crippen LogP contribution in [0.3, 0.4) is 0 Å². The van der Waals surface area contributed by atoms with E-state index in [9.17, 15) is 0 Å². The number of hydrogen-bond acceptors (Lipinski definition) is 4. The highest BCUT2D eigenvalue weighted by atomic mass is 32.4. The van der Waals surface area contributed by atoms with Gasteiger partial charge >= 0.3 is 5.71 Å². The van der Waals surface area contributed by atoms with Crippen molar-refractivity contribution in [3.05, 3.63) is 0 Å². The Bertz CT molecular complexity index is 56.3. The molecule has 0 aromatic heterocycles. The van der Waals surface area contributed by atoms with E-state index in [-0.39, 0.29) is 7.36 Å². The van der Waals surface area contributed by atoms with Crippen molar-refractivity contribution < 1.29 is 15.3 Å². The zero-order chi connectivity index (χ0) is 5.21. The minimum atomic E-state index is -2.67. The Kier molecular flexibility index (Phi) is 2.04. The lowest BCUT2D eigenvalue weighted by Gasteiger charge is -2.01. The molecular formula is CH3O3PS. The molecule has 0 unspecified atom stereocenters. The first kappa shape index (κ1) is 6.40. The van der Waals surface area contributed by atoms with Gasteiger partial charge in [0.05, 0.1) is 7.36 Å². The second kappa shape index (κ2) is 1.91. The first-order valence-corrected chi connectivity index (χ1v) is 2.98. The third-order valence-corrected chi connectivity index (χ3v) is 1.10. The molecule has 3 N–H and O–H groups in total. The molecule has 0 radical (unpaired) electrons. The normalized spacial score (nSPS) is 12.5. The molecule has 0 aliphatic rings. The van der Waals surface area contributed by atoms with Crippen LogP contribution in [0.25, 0.3) is 0 Å². The lowest BCUT2D eigenvalue weighted by Crippen LogP contribution is -2.16. The van der Waals surface area contributed by atoms with Crippen LogP contribution in [-0.4, -0.2) is 21.0 Å². The van der Waals surface area contributed by atoms with Gasteiger partial charge in [-0.05, 0) is 11.8 Å². The molecule has 0 aliphatic carbocycles. The average molecular weight is 126 g/mol. The summed E-state index contributed by atoms with van der Waals surface area (Å²) in [5, 5.41) is 23.5. The average Bonchev–Trinajstić information content (AvgIpc) is 1.35. The molecule has 0 saturated carbocycles. The summed E-state index contributed by atoms with van der Waals surface area (Å²) < 4.78 is 0. The van der Waals surface area contributed by atoms with Crippen molar-refractivity contribution in [2.24, 2.45) is 0 Å². The molecule has 5 heteroatoms. The zero-order valence-electron chi connectivity index (χ0n) is 2.70. The monoisotopic (exact) mass is 126 g/mol. The maximum atomic E-state index is 7.82. The van der Waals surface area contributed by atoms with Gasteiger partial charge in [-0.1, -0.05) is 0 Å². The van der Waals surface area contributed by atoms with Crippen molar-refractivity contribution in [2.45, 2.75) is 5.71 Å². The summed E-state index contributed by atoms with van der Waals surface area (Å²) in [4.78, 5) is 0. The fraction of sp³-hybridized carbons (Fsp3) is 1.00. The summed E-state index contributed by atoms with van der Waals surface area (Å²) in [7, 11) is -0.275. The molecule has 0 amide bonds. The molecule has 0 atom stereocenters. The summed E-state index contributed by atoms with van der Waals surface area (Å²) in [6, 6.07) is 0. The van der Waals surface area contributed by atoms with Crippen LogP contribution in [0.5, 0.6) is 0 Å². The van der Waals surface area contributed by atoms with E-state index in [4.69, 9.17) is 15.3 Å². The maximum Gasteiger partial charge on any atom is 0.331 e. The number of hydrogen-bond donors (Lipinski definition) is 3. The summed E-state index contributed by atoms with van der Waals surface area (Å²) in [5.41, 5.74) is -2.67. The molecule has 0 aliphatic heterocycles. The van der Waals surface area contributed by atoms with Crippen molar-refractivity contribution in [3.63, 3.8) is 0 Å². The van der Waals surface area contributed by atoms with Crippen LogP contribution >= 0.6 is 7.36 Å². The van der Waals surface area contributed by atoms with Gasteiger partial charge in [0.15, 0.2) is 0 Å². The quantitative estimate of drug-likeness (QED) is 0.311. The molecular weight excluding hydrogens is 123 g/mol. The lowest BCUT2D eigenvalue weighted by atomic mass is 11.3. The fourth-order valence-electron chi connectivity index (χ4n) is 0. The lowest BCUT2D eigenvalue weighted by molar-refractivity contribution is -0.236. The minimum absolute atomic E-state index is 0.275.